The number of aryl methyl sites for hydroxylation is 2. The first-order valence-corrected chi connectivity index (χ1v) is 12.6. The van der Waals surface area contributed by atoms with Crippen LogP contribution >= 0.6 is 0 Å². The standard InChI is InChI=1S/C30H26N8.Zn/c1-35-13-14-36(2)29(35)27-23-9-5-19(31-23)17-21-7-11-25(33-21)28(30-37(3)15-16-38(30)4)26-12-8-22(34-26)18-20-6-10-24(27)32-20;/h5-18H,1-4H3;/q;+2/p+1. The van der Waals surface area contributed by atoms with Gasteiger partial charge in [0.2, 0.25) is 6.20 Å². The number of hydrogen-bond acceptors (Lipinski definition) is 2. The summed E-state index contributed by atoms with van der Waals surface area (Å²) in [4.78, 5) is 21.2. The zero-order valence-electron chi connectivity index (χ0n) is 22.4. The van der Waals surface area contributed by atoms with E-state index < -0.39 is 0 Å². The van der Waals surface area contributed by atoms with Crippen molar-refractivity contribution in [1.82, 2.24) is 24.5 Å². The van der Waals surface area contributed by atoms with Crippen LogP contribution < -0.4 is 19.4 Å². The van der Waals surface area contributed by atoms with Crippen LogP contribution in [0.2, 0.25) is 0 Å². The first kappa shape index (κ1) is 25.1. The fourth-order valence-corrected chi connectivity index (χ4v) is 5.40. The number of rotatable bonds is 2. The number of nitrogens with zero attached hydrogens (tertiary/aromatic N) is 7. The van der Waals surface area contributed by atoms with E-state index in [0.717, 1.165) is 67.6 Å². The molecule has 7 heterocycles. The van der Waals surface area contributed by atoms with E-state index >= 15 is 0 Å². The minimum absolute atomic E-state index is 0. The summed E-state index contributed by atoms with van der Waals surface area (Å²) in [5, 5.41) is 0. The minimum Gasteiger partial charge on any atom is -0.657 e. The molecule has 0 saturated carbocycles. The van der Waals surface area contributed by atoms with Gasteiger partial charge in [0.25, 0.3) is 5.82 Å². The number of fused-ring (bicyclic) bond motifs is 8. The second-order valence-electron chi connectivity index (χ2n) is 9.86. The fraction of sp³-hybridized carbons (Fsp3) is 0.133. The average molecular weight is 565 g/mol. The number of amidine groups is 1. The summed E-state index contributed by atoms with van der Waals surface area (Å²) >= 11 is 0. The second kappa shape index (κ2) is 9.52. The Bertz CT molecular complexity index is 1910. The van der Waals surface area contributed by atoms with Crippen molar-refractivity contribution in [2.75, 3.05) is 14.1 Å². The van der Waals surface area contributed by atoms with Crippen molar-refractivity contribution in [3.8, 4) is 11.4 Å². The van der Waals surface area contributed by atoms with E-state index in [-0.39, 0.29) is 19.5 Å². The molecule has 9 heteroatoms. The Labute approximate surface area is 238 Å². The van der Waals surface area contributed by atoms with Gasteiger partial charge in [-0.05, 0) is 24.3 Å². The van der Waals surface area contributed by atoms with Crippen molar-refractivity contribution in [1.29, 1.82) is 0 Å². The predicted molar refractivity (Wildman–Crippen MR) is 149 cm³/mol. The van der Waals surface area contributed by atoms with Gasteiger partial charge in [-0.2, -0.15) is 0 Å². The molecule has 1 N–H and O–H groups in total. The van der Waals surface area contributed by atoms with Crippen LogP contribution in [0.1, 0.15) is 28.3 Å². The molecule has 0 fully saturated rings. The van der Waals surface area contributed by atoms with E-state index in [0.29, 0.717) is 0 Å². The summed E-state index contributed by atoms with van der Waals surface area (Å²) in [5.74, 6) is 2.14. The number of aromatic nitrogens is 6. The summed E-state index contributed by atoms with van der Waals surface area (Å²) in [6, 6.07) is 12.3. The van der Waals surface area contributed by atoms with Crippen LogP contribution in [0.4, 0.5) is 0 Å². The minimum atomic E-state index is 0. The van der Waals surface area contributed by atoms with E-state index in [1.807, 2.05) is 62.9 Å². The molecule has 0 radical (unpaired) electrons. The van der Waals surface area contributed by atoms with Gasteiger partial charge in [0.1, 0.15) is 25.0 Å². The predicted octanol–water partition coefficient (Wildman–Crippen LogP) is 2.13. The molecule has 0 saturated heterocycles. The summed E-state index contributed by atoms with van der Waals surface area (Å²) in [6.45, 7) is 0. The molecule has 3 aliphatic rings. The van der Waals surface area contributed by atoms with Crippen molar-refractivity contribution in [2.24, 2.45) is 14.1 Å². The summed E-state index contributed by atoms with van der Waals surface area (Å²) in [6.07, 6.45) is 16.5. The molecule has 3 aliphatic heterocycles. The maximum absolute atomic E-state index is 5.01. The maximum atomic E-state index is 5.01. The smallest absolute Gasteiger partial charge is 0.657 e. The van der Waals surface area contributed by atoms with Gasteiger partial charge < -0.3 is 9.97 Å². The third-order valence-electron chi connectivity index (χ3n) is 7.18. The quantitative estimate of drug-likeness (QED) is 0.258. The SMILES string of the molecule is Cn1cc[n+](C)c1-c1c2nc(cc3ccc([n-]3)c(C3=[N+](C)C=C[NH+]3C)c3nc(cc4ccc1[n-]4)C=C3)C=C2.[Zn+2]. The number of quaternary nitrogens is 1. The molecule has 1 atom stereocenters. The van der Waals surface area contributed by atoms with Gasteiger partial charge in [-0.1, -0.05) is 36.4 Å². The summed E-state index contributed by atoms with van der Waals surface area (Å²) < 4.78 is 6.34. The van der Waals surface area contributed by atoms with Crippen LogP contribution in [0.3, 0.4) is 0 Å². The van der Waals surface area contributed by atoms with Crippen molar-refractivity contribution < 1.29 is 33.5 Å². The fourth-order valence-electron chi connectivity index (χ4n) is 5.40. The van der Waals surface area contributed by atoms with Crippen molar-refractivity contribution >= 4 is 52.2 Å². The Hall–Kier alpha value is -4.20. The molecule has 8 nitrogen and oxygen atoms in total. The third-order valence-corrected chi connectivity index (χ3v) is 7.18. The normalized spacial score (nSPS) is 15.8. The second-order valence-corrected chi connectivity index (χ2v) is 9.86. The van der Waals surface area contributed by atoms with E-state index in [1.165, 1.54) is 4.90 Å². The van der Waals surface area contributed by atoms with Gasteiger partial charge in [-0.15, -0.1) is 26.6 Å². The van der Waals surface area contributed by atoms with Crippen LogP contribution in [0.15, 0.2) is 61.2 Å². The van der Waals surface area contributed by atoms with E-state index in [9.17, 15) is 0 Å². The molecule has 0 aliphatic carbocycles. The molecule has 0 amide bonds. The molecular formula is C30H27N8Zn+3. The Balaban J connectivity index is 0.00000277. The third kappa shape index (κ3) is 4.24. The molecule has 8 bridgehead atoms. The Morgan fingerprint density at radius 3 is 1.95 bits per heavy atom. The first-order valence-electron chi connectivity index (χ1n) is 12.6. The van der Waals surface area contributed by atoms with Gasteiger partial charge in [-0.3, -0.25) is 0 Å². The van der Waals surface area contributed by atoms with Crippen LogP contribution in [-0.4, -0.2) is 39.0 Å². The van der Waals surface area contributed by atoms with Gasteiger partial charge in [0.15, 0.2) is 6.20 Å². The van der Waals surface area contributed by atoms with Crippen LogP contribution in [0.25, 0.3) is 57.8 Å². The van der Waals surface area contributed by atoms with Crippen LogP contribution in [0, 0.1) is 0 Å². The molecule has 186 valence electrons. The monoisotopic (exact) mass is 563 g/mol. The topological polar surface area (TPSA) is 70.2 Å². The Kier molecular flexibility index (Phi) is 6.13. The summed E-state index contributed by atoms with van der Waals surface area (Å²) in [5.41, 5.74) is 8.95. The Morgan fingerprint density at radius 2 is 1.41 bits per heavy atom. The maximum Gasteiger partial charge on any atom is 2.00 e. The molecule has 4 aromatic rings. The van der Waals surface area contributed by atoms with Crippen LogP contribution in [0.5, 0.6) is 0 Å². The largest absolute Gasteiger partial charge is 2.00 e. The van der Waals surface area contributed by atoms with Crippen molar-refractivity contribution in [2.45, 2.75) is 0 Å². The molecular weight excluding hydrogens is 538 g/mol. The number of hydrogen-bond donors (Lipinski definition) is 1. The average Bonchev–Trinajstić information content (AvgIpc) is 3.73. The van der Waals surface area contributed by atoms with Gasteiger partial charge >= 0.3 is 25.3 Å². The van der Waals surface area contributed by atoms with Crippen molar-refractivity contribution in [3.63, 3.8) is 0 Å². The van der Waals surface area contributed by atoms with Gasteiger partial charge in [0.05, 0.1) is 49.5 Å². The molecule has 1 unspecified atom stereocenters. The Morgan fingerprint density at radius 1 is 0.821 bits per heavy atom. The van der Waals surface area contributed by atoms with E-state index in [2.05, 4.69) is 64.5 Å². The van der Waals surface area contributed by atoms with Crippen molar-refractivity contribution in [3.05, 3.63) is 89.5 Å². The molecule has 7 rings (SSSR count). The zero-order chi connectivity index (χ0) is 26.0. The van der Waals surface area contributed by atoms with E-state index in [1.54, 1.807) is 0 Å². The molecule has 39 heavy (non-hydrogen) atoms. The first-order chi connectivity index (χ1) is 18.4. The molecule has 4 aromatic heterocycles. The zero-order valence-corrected chi connectivity index (χ0v) is 25.4. The van der Waals surface area contributed by atoms with E-state index in [4.69, 9.17) is 19.9 Å². The number of nitrogens with one attached hydrogen (secondary N) is 1. The molecule has 0 aromatic carbocycles. The van der Waals surface area contributed by atoms with Gasteiger partial charge in [-0.25, -0.2) is 24.0 Å². The molecule has 0 spiro atoms. The van der Waals surface area contributed by atoms with Crippen LogP contribution in [-0.2, 0) is 33.6 Å². The van der Waals surface area contributed by atoms with Gasteiger partial charge in [0, 0.05) is 0 Å². The summed E-state index contributed by atoms with van der Waals surface area (Å²) in [7, 11) is 8.27. The number of imidazole rings is 1.